The molecule has 1 amide bonds. The second-order valence-corrected chi connectivity index (χ2v) is 7.35. The molecule has 1 saturated heterocycles. The first kappa shape index (κ1) is 18.1. The minimum absolute atomic E-state index is 0.0293. The zero-order valence-electron chi connectivity index (χ0n) is 15.5. The first-order valence-electron chi connectivity index (χ1n) is 9.60. The van der Waals surface area contributed by atoms with Crippen LogP contribution in [-0.4, -0.2) is 49.1 Å². The molecule has 1 aliphatic carbocycles. The summed E-state index contributed by atoms with van der Waals surface area (Å²) in [6.07, 6.45) is 6.90. The van der Waals surface area contributed by atoms with Gasteiger partial charge in [0.1, 0.15) is 5.75 Å². The van der Waals surface area contributed by atoms with Crippen molar-refractivity contribution in [3.05, 3.63) is 24.3 Å². The summed E-state index contributed by atoms with van der Waals surface area (Å²) in [5.41, 5.74) is 1.10. The number of amides is 1. The Morgan fingerprint density at radius 3 is 2.56 bits per heavy atom. The van der Waals surface area contributed by atoms with Gasteiger partial charge in [-0.15, -0.1) is 0 Å². The second-order valence-electron chi connectivity index (χ2n) is 7.35. The van der Waals surface area contributed by atoms with Crippen molar-refractivity contribution in [1.29, 1.82) is 0 Å². The van der Waals surface area contributed by atoms with Gasteiger partial charge in [0.05, 0.1) is 13.2 Å². The van der Waals surface area contributed by atoms with Crippen LogP contribution in [0.2, 0.25) is 0 Å². The van der Waals surface area contributed by atoms with E-state index in [1.807, 2.05) is 25.1 Å². The van der Waals surface area contributed by atoms with Crippen LogP contribution in [0.4, 0.5) is 5.69 Å². The van der Waals surface area contributed by atoms with Crippen LogP contribution in [-0.2, 0) is 4.79 Å². The number of hydrogen-bond donors (Lipinski definition) is 2. The van der Waals surface area contributed by atoms with Gasteiger partial charge in [-0.25, -0.2) is 0 Å². The van der Waals surface area contributed by atoms with Crippen molar-refractivity contribution in [2.75, 3.05) is 25.5 Å². The largest absolute Gasteiger partial charge is 0.497 e. The lowest BCUT2D eigenvalue weighted by molar-refractivity contribution is -0.127. The van der Waals surface area contributed by atoms with Crippen LogP contribution >= 0.6 is 0 Å². The Morgan fingerprint density at radius 1 is 1.16 bits per heavy atom. The Morgan fingerprint density at radius 2 is 1.88 bits per heavy atom. The van der Waals surface area contributed by atoms with Crippen molar-refractivity contribution >= 4 is 11.6 Å². The predicted molar refractivity (Wildman–Crippen MR) is 101 cm³/mol. The van der Waals surface area contributed by atoms with E-state index < -0.39 is 0 Å². The molecule has 1 heterocycles. The predicted octanol–water partition coefficient (Wildman–Crippen LogP) is 3.02. The van der Waals surface area contributed by atoms with Gasteiger partial charge in [-0.2, -0.15) is 0 Å². The number of anilines is 1. The third kappa shape index (κ3) is 4.88. The first-order valence-corrected chi connectivity index (χ1v) is 9.60. The number of piperidine rings is 1. The van der Waals surface area contributed by atoms with E-state index in [4.69, 9.17) is 4.74 Å². The number of methoxy groups -OCH3 is 1. The van der Waals surface area contributed by atoms with Crippen LogP contribution in [0.15, 0.2) is 24.3 Å². The SMILES string of the molecule is COc1cccc(NC2CCN(C(C)C(=O)NC3CCCC3)CC2)c1. The normalized spacial score (nSPS) is 21.0. The van der Waals surface area contributed by atoms with Gasteiger partial charge in [-0.3, -0.25) is 9.69 Å². The van der Waals surface area contributed by atoms with E-state index in [0.717, 1.165) is 50.2 Å². The average Bonchev–Trinajstić information content (AvgIpc) is 3.15. The number of carbonyl (C=O) groups is 1. The van der Waals surface area contributed by atoms with E-state index in [2.05, 4.69) is 21.6 Å². The van der Waals surface area contributed by atoms with E-state index in [-0.39, 0.29) is 11.9 Å². The van der Waals surface area contributed by atoms with Gasteiger partial charge in [0.2, 0.25) is 5.91 Å². The van der Waals surface area contributed by atoms with Crippen LogP contribution in [0.5, 0.6) is 5.75 Å². The smallest absolute Gasteiger partial charge is 0.237 e. The number of carbonyl (C=O) groups excluding carboxylic acids is 1. The molecule has 0 radical (unpaired) electrons. The van der Waals surface area contributed by atoms with Crippen LogP contribution in [0.3, 0.4) is 0 Å². The van der Waals surface area contributed by atoms with Crippen LogP contribution in [0.1, 0.15) is 45.4 Å². The standard InChI is InChI=1S/C20H31N3O2/c1-15(20(24)22-16-6-3-4-7-16)23-12-10-17(11-13-23)21-18-8-5-9-19(14-18)25-2/h5,8-9,14-17,21H,3-4,6-7,10-13H2,1-2H3,(H,22,24). The lowest BCUT2D eigenvalue weighted by Crippen LogP contribution is -2.51. The number of hydrogen-bond acceptors (Lipinski definition) is 4. The van der Waals surface area contributed by atoms with Crippen LogP contribution in [0, 0.1) is 0 Å². The Hall–Kier alpha value is -1.75. The van der Waals surface area contributed by atoms with Crippen LogP contribution in [0.25, 0.3) is 0 Å². The van der Waals surface area contributed by atoms with Gasteiger partial charge in [-0.05, 0) is 44.7 Å². The van der Waals surface area contributed by atoms with Crippen molar-refractivity contribution in [2.24, 2.45) is 0 Å². The molecular weight excluding hydrogens is 314 g/mol. The molecule has 3 rings (SSSR count). The van der Waals surface area contributed by atoms with E-state index in [9.17, 15) is 4.79 Å². The highest BCUT2D eigenvalue weighted by Crippen LogP contribution is 2.22. The molecule has 1 aliphatic heterocycles. The molecule has 5 heteroatoms. The first-order chi connectivity index (χ1) is 12.2. The molecule has 5 nitrogen and oxygen atoms in total. The molecule has 0 bridgehead atoms. The minimum atomic E-state index is -0.0293. The van der Waals surface area contributed by atoms with Gasteiger partial charge in [0.25, 0.3) is 0 Å². The zero-order valence-corrected chi connectivity index (χ0v) is 15.5. The lowest BCUT2D eigenvalue weighted by atomic mass is 10.0. The van der Waals surface area contributed by atoms with E-state index in [0.29, 0.717) is 12.1 Å². The maximum absolute atomic E-state index is 12.5. The topological polar surface area (TPSA) is 53.6 Å². The van der Waals surface area contributed by atoms with Crippen molar-refractivity contribution in [3.8, 4) is 5.75 Å². The number of ether oxygens (including phenoxy) is 1. The fourth-order valence-electron chi connectivity index (χ4n) is 3.94. The minimum Gasteiger partial charge on any atom is -0.497 e. The molecule has 2 aliphatic rings. The lowest BCUT2D eigenvalue weighted by Gasteiger charge is -2.36. The van der Waals surface area contributed by atoms with Gasteiger partial charge in [0.15, 0.2) is 0 Å². The summed E-state index contributed by atoms with van der Waals surface area (Å²) in [7, 11) is 1.69. The van der Waals surface area contributed by atoms with Crippen molar-refractivity contribution in [2.45, 2.75) is 63.6 Å². The summed E-state index contributed by atoms with van der Waals surface area (Å²) in [4.78, 5) is 14.8. The molecule has 0 spiro atoms. The van der Waals surface area contributed by atoms with Gasteiger partial charge < -0.3 is 15.4 Å². The summed E-state index contributed by atoms with van der Waals surface area (Å²) in [6.45, 7) is 3.96. The molecule has 25 heavy (non-hydrogen) atoms. The summed E-state index contributed by atoms with van der Waals surface area (Å²) in [5.74, 6) is 1.07. The highest BCUT2D eigenvalue weighted by atomic mass is 16.5. The monoisotopic (exact) mass is 345 g/mol. The number of rotatable bonds is 6. The van der Waals surface area contributed by atoms with Crippen molar-refractivity contribution in [1.82, 2.24) is 10.2 Å². The Kier molecular flexibility index (Phi) is 6.19. The van der Waals surface area contributed by atoms with Crippen LogP contribution < -0.4 is 15.4 Å². The Balaban J connectivity index is 1.45. The fraction of sp³-hybridized carbons (Fsp3) is 0.650. The van der Waals surface area contributed by atoms with Crippen molar-refractivity contribution in [3.63, 3.8) is 0 Å². The second kappa shape index (κ2) is 8.56. The summed E-state index contributed by atoms with van der Waals surface area (Å²) in [5, 5.41) is 6.83. The molecule has 1 aromatic rings. The highest BCUT2D eigenvalue weighted by molar-refractivity contribution is 5.81. The Bertz CT molecular complexity index is 564. The van der Waals surface area contributed by atoms with E-state index >= 15 is 0 Å². The fourth-order valence-corrected chi connectivity index (χ4v) is 3.94. The molecule has 1 atom stereocenters. The maximum atomic E-state index is 12.5. The molecule has 138 valence electrons. The molecule has 1 saturated carbocycles. The van der Waals surface area contributed by atoms with E-state index in [1.165, 1.54) is 12.8 Å². The molecule has 2 fully saturated rings. The van der Waals surface area contributed by atoms with Gasteiger partial charge >= 0.3 is 0 Å². The molecule has 2 N–H and O–H groups in total. The summed E-state index contributed by atoms with van der Waals surface area (Å²) in [6, 6.07) is 8.90. The van der Waals surface area contributed by atoms with Crippen molar-refractivity contribution < 1.29 is 9.53 Å². The average molecular weight is 345 g/mol. The highest BCUT2D eigenvalue weighted by Gasteiger charge is 2.28. The van der Waals surface area contributed by atoms with E-state index in [1.54, 1.807) is 7.11 Å². The number of nitrogens with zero attached hydrogens (tertiary/aromatic N) is 1. The summed E-state index contributed by atoms with van der Waals surface area (Å²) >= 11 is 0. The third-order valence-electron chi connectivity index (χ3n) is 5.60. The maximum Gasteiger partial charge on any atom is 0.237 e. The summed E-state index contributed by atoms with van der Waals surface area (Å²) < 4.78 is 5.28. The molecule has 1 unspecified atom stereocenters. The number of nitrogens with one attached hydrogen (secondary N) is 2. The molecule has 0 aromatic heterocycles. The zero-order chi connectivity index (χ0) is 17.6. The van der Waals surface area contributed by atoms with Gasteiger partial charge in [-0.1, -0.05) is 18.9 Å². The molecular formula is C20H31N3O2. The quantitative estimate of drug-likeness (QED) is 0.832. The Labute approximate surface area is 151 Å². The van der Waals surface area contributed by atoms with Gasteiger partial charge in [0, 0.05) is 36.9 Å². The third-order valence-corrected chi connectivity index (χ3v) is 5.60. The number of likely N-dealkylation sites (tertiary alicyclic amines) is 1. The molecule has 1 aromatic carbocycles. The number of benzene rings is 1.